The molecular weight excluding hydrogens is 286 g/mol. The highest BCUT2D eigenvalue weighted by Gasteiger charge is 2.12. The van der Waals surface area contributed by atoms with E-state index in [9.17, 15) is 0 Å². The highest BCUT2D eigenvalue weighted by Crippen LogP contribution is 2.26. The van der Waals surface area contributed by atoms with Gasteiger partial charge in [-0.25, -0.2) is 0 Å². The second-order valence-electron chi connectivity index (χ2n) is 5.92. The molecule has 120 valence electrons. The maximum Gasteiger partial charge on any atom is 0.122 e. The molecule has 1 aliphatic rings. The minimum absolute atomic E-state index is 0.817. The monoisotopic (exact) mass is 309 g/mol. The molecule has 2 aromatic rings. The van der Waals surface area contributed by atoms with Gasteiger partial charge >= 0.3 is 0 Å². The van der Waals surface area contributed by atoms with E-state index in [1.54, 1.807) is 7.11 Å². The van der Waals surface area contributed by atoms with Gasteiger partial charge in [0.2, 0.25) is 0 Å². The summed E-state index contributed by atoms with van der Waals surface area (Å²) in [5, 5.41) is 0. The summed E-state index contributed by atoms with van der Waals surface area (Å²) in [5.74, 6) is 1.94. The zero-order chi connectivity index (χ0) is 16.1. The average molecular weight is 309 g/mol. The van der Waals surface area contributed by atoms with Crippen LogP contribution in [-0.2, 0) is 13.0 Å². The van der Waals surface area contributed by atoms with Gasteiger partial charge < -0.3 is 9.47 Å². The minimum Gasteiger partial charge on any atom is -0.497 e. The summed E-state index contributed by atoms with van der Waals surface area (Å²) >= 11 is 0. The molecule has 3 heteroatoms. The molecule has 1 aliphatic heterocycles. The Morgan fingerprint density at radius 3 is 3.00 bits per heavy atom. The lowest BCUT2D eigenvalue weighted by atomic mass is 10.1. The number of hydrogen-bond donors (Lipinski definition) is 0. The Kier molecular flexibility index (Phi) is 4.99. The Morgan fingerprint density at radius 1 is 1.22 bits per heavy atom. The Hall–Kier alpha value is -2.26. The largest absolute Gasteiger partial charge is 0.497 e. The molecular formula is C20H23NO2. The minimum atomic E-state index is 0.817. The van der Waals surface area contributed by atoms with Crippen molar-refractivity contribution in [2.75, 3.05) is 27.3 Å². The number of nitrogens with zero attached hydrogens (tertiary/aromatic N) is 1. The molecule has 0 aliphatic carbocycles. The van der Waals surface area contributed by atoms with Crippen LogP contribution in [0.1, 0.15) is 16.7 Å². The van der Waals surface area contributed by atoms with Gasteiger partial charge in [0.25, 0.3) is 0 Å². The third-order valence-electron chi connectivity index (χ3n) is 4.03. The zero-order valence-electron chi connectivity index (χ0n) is 13.8. The van der Waals surface area contributed by atoms with Crippen molar-refractivity contribution in [1.82, 2.24) is 4.90 Å². The molecule has 3 nitrogen and oxygen atoms in total. The molecule has 0 atom stereocenters. The summed E-state index contributed by atoms with van der Waals surface area (Å²) in [6.07, 6.45) is 5.35. The first-order valence-electron chi connectivity index (χ1n) is 7.98. The molecule has 0 aromatic heterocycles. The van der Waals surface area contributed by atoms with Crippen molar-refractivity contribution >= 4 is 6.08 Å². The van der Waals surface area contributed by atoms with Gasteiger partial charge in [-0.15, -0.1) is 0 Å². The van der Waals surface area contributed by atoms with Gasteiger partial charge in [-0.1, -0.05) is 36.4 Å². The summed E-state index contributed by atoms with van der Waals surface area (Å²) in [6, 6.07) is 14.6. The Morgan fingerprint density at radius 2 is 2.13 bits per heavy atom. The van der Waals surface area contributed by atoms with Crippen molar-refractivity contribution in [2.45, 2.75) is 13.0 Å². The lowest BCUT2D eigenvalue weighted by Crippen LogP contribution is -2.17. The fraction of sp³-hybridized carbons (Fsp3) is 0.300. The van der Waals surface area contributed by atoms with Crippen LogP contribution in [0.15, 0.2) is 48.5 Å². The van der Waals surface area contributed by atoms with Crippen LogP contribution in [0.3, 0.4) is 0 Å². The van der Waals surface area contributed by atoms with E-state index in [-0.39, 0.29) is 0 Å². The summed E-state index contributed by atoms with van der Waals surface area (Å²) in [7, 11) is 3.83. The van der Waals surface area contributed by atoms with E-state index in [4.69, 9.17) is 9.47 Å². The summed E-state index contributed by atoms with van der Waals surface area (Å²) in [6.45, 7) is 2.67. The van der Waals surface area contributed by atoms with Gasteiger partial charge in [0.1, 0.15) is 11.5 Å². The fourth-order valence-electron chi connectivity index (χ4n) is 2.83. The maximum absolute atomic E-state index is 5.56. The van der Waals surface area contributed by atoms with Crippen molar-refractivity contribution in [3.63, 3.8) is 0 Å². The van der Waals surface area contributed by atoms with E-state index in [2.05, 4.69) is 48.4 Å². The van der Waals surface area contributed by atoms with Gasteiger partial charge in [0, 0.05) is 19.5 Å². The van der Waals surface area contributed by atoms with Crippen molar-refractivity contribution in [2.24, 2.45) is 0 Å². The molecule has 2 aromatic carbocycles. The van der Waals surface area contributed by atoms with Crippen molar-refractivity contribution < 1.29 is 9.47 Å². The molecule has 3 rings (SSSR count). The molecule has 0 amide bonds. The second-order valence-corrected chi connectivity index (χ2v) is 5.92. The van der Waals surface area contributed by atoms with Crippen LogP contribution in [0, 0.1) is 0 Å². The number of hydrogen-bond acceptors (Lipinski definition) is 3. The van der Waals surface area contributed by atoms with E-state index in [0.29, 0.717) is 0 Å². The number of rotatable bonds is 6. The smallest absolute Gasteiger partial charge is 0.122 e. The Balaban J connectivity index is 1.54. The predicted octanol–water partition coefficient (Wildman–Crippen LogP) is 3.78. The maximum atomic E-state index is 5.56. The highest BCUT2D eigenvalue weighted by atomic mass is 16.5. The van der Waals surface area contributed by atoms with Gasteiger partial charge in [-0.05, 0) is 41.9 Å². The van der Waals surface area contributed by atoms with E-state index in [0.717, 1.165) is 43.2 Å². The molecule has 0 unspecified atom stereocenters. The average Bonchev–Trinajstić information content (AvgIpc) is 3.02. The standard InChI is InChI=1S/C20H23NO2/c1-21(11-4-6-16-5-3-7-19(14-16)22-2)15-17-8-9-20-18(13-17)10-12-23-20/h3-9,13-14H,10-12,15H2,1-2H3/b6-4+. The van der Waals surface area contributed by atoms with Crippen LogP contribution in [0.5, 0.6) is 11.5 Å². The van der Waals surface area contributed by atoms with Crippen molar-refractivity contribution in [3.05, 3.63) is 65.2 Å². The van der Waals surface area contributed by atoms with Gasteiger partial charge in [-0.2, -0.15) is 0 Å². The molecule has 0 N–H and O–H groups in total. The first kappa shape index (κ1) is 15.6. The molecule has 0 bridgehead atoms. The third kappa shape index (κ3) is 4.14. The molecule has 0 saturated heterocycles. The van der Waals surface area contributed by atoms with Crippen LogP contribution >= 0.6 is 0 Å². The topological polar surface area (TPSA) is 21.7 Å². The first-order chi connectivity index (χ1) is 11.2. The molecule has 1 heterocycles. The van der Waals surface area contributed by atoms with E-state index in [1.165, 1.54) is 11.1 Å². The normalized spacial score (nSPS) is 13.3. The molecule has 0 radical (unpaired) electrons. The molecule has 0 fully saturated rings. The van der Waals surface area contributed by atoms with Gasteiger partial charge in [0.05, 0.1) is 13.7 Å². The van der Waals surface area contributed by atoms with Crippen LogP contribution in [0.4, 0.5) is 0 Å². The number of likely N-dealkylation sites (N-methyl/N-ethyl adjacent to an activating group) is 1. The lowest BCUT2D eigenvalue weighted by molar-refractivity contribution is 0.356. The van der Waals surface area contributed by atoms with E-state index >= 15 is 0 Å². The Bertz CT molecular complexity index is 694. The number of ether oxygens (including phenoxy) is 2. The van der Waals surface area contributed by atoms with Crippen LogP contribution in [0.25, 0.3) is 6.08 Å². The number of benzene rings is 2. The SMILES string of the molecule is COc1cccc(/C=C/CN(C)Cc2ccc3c(c2)CCO3)c1. The van der Waals surface area contributed by atoms with Gasteiger partial charge in [0.15, 0.2) is 0 Å². The predicted molar refractivity (Wildman–Crippen MR) is 94.0 cm³/mol. The molecule has 0 saturated carbocycles. The van der Waals surface area contributed by atoms with Crippen LogP contribution in [0.2, 0.25) is 0 Å². The summed E-state index contributed by atoms with van der Waals surface area (Å²) in [5.41, 5.74) is 3.83. The van der Waals surface area contributed by atoms with Crippen molar-refractivity contribution in [3.8, 4) is 11.5 Å². The first-order valence-corrected chi connectivity index (χ1v) is 7.98. The summed E-state index contributed by atoms with van der Waals surface area (Å²) < 4.78 is 10.8. The fourth-order valence-corrected chi connectivity index (χ4v) is 2.83. The molecule has 23 heavy (non-hydrogen) atoms. The highest BCUT2D eigenvalue weighted by molar-refractivity contribution is 5.51. The third-order valence-corrected chi connectivity index (χ3v) is 4.03. The number of methoxy groups -OCH3 is 1. The Labute approximate surface area is 138 Å². The van der Waals surface area contributed by atoms with Gasteiger partial charge in [-0.3, -0.25) is 4.90 Å². The second kappa shape index (κ2) is 7.34. The number of fused-ring (bicyclic) bond motifs is 1. The van der Waals surface area contributed by atoms with E-state index < -0.39 is 0 Å². The quantitative estimate of drug-likeness (QED) is 0.810. The summed E-state index contributed by atoms with van der Waals surface area (Å²) in [4.78, 5) is 2.30. The van der Waals surface area contributed by atoms with Crippen LogP contribution in [-0.4, -0.2) is 32.2 Å². The zero-order valence-corrected chi connectivity index (χ0v) is 13.8. The van der Waals surface area contributed by atoms with Crippen molar-refractivity contribution in [1.29, 1.82) is 0 Å². The van der Waals surface area contributed by atoms with E-state index in [1.807, 2.05) is 18.2 Å². The molecule has 0 spiro atoms. The lowest BCUT2D eigenvalue weighted by Gasteiger charge is -2.15. The van der Waals surface area contributed by atoms with Crippen LogP contribution < -0.4 is 9.47 Å².